The summed E-state index contributed by atoms with van der Waals surface area (Å²) in [6.07, 6.45) is 3.47. The fourth-order valence-corrected chi connectivity index (χ4v) is 2.73. The zero-order valence-corrected chi connectivity index (χ0v) is 12.4. The van der Waals surface area contributed by atoms with Crippen LogP contribution in [0.15, 0.2) is 0 Å². The van der Waals surface area contributed by atoms with Gasteiger partial charge in [0.25, 0.3) is 0 Å². The predicted octanol–water partition coefficient (Wildman–Crippen LogP) is 0.751. The van der Waals surface area contributed by atoms with Gasteiger partial charge in [-0.25, -0.2) is 0 Å². The van der Waals surface area contributed by atoms with Gasteiger partial charge in [-0.3, -0.25) is 9.59 Å². The van der Waals surface area contributed by atoms with Crippen LogP contribution in [0.1, 0.15) is 39.5 Å². The number of nitrogens with one attached hydrogen (secondary N) is 2. The Morgan fingerprint density at radius 1 is 1.26 bits per heavy atom. The van der Waals surface area contributed by atoms with Crippen molar-refractivity contribution in [1.29, 1.82) is 0 Å². The summed E-state index contributed by atoms with van der Waals surface area (Å²) in [5, 5.41) is 5.90. The second-order valence-electron chi connectivity index (χ2n) is 5.28. The van der Waals surface area contributed by atoms with Crippen molar-refractivity contribution in [2.24, 2.45) is 5.41 Å². The van der Waals surface area contributed by atoms with Crippen LogP contribution in [0.4, 0.5) is 0 Å². The van der Waals surface area contributed by atoms with Gasteiger partial charge in [0.2, 0.25) is 11.8 Å². The Bertz CT molecular complexity index is 312. The van der Waals surface area contributed by atoms with Crippen LogP contribution >= 0.6 is 0 Å². The molecule has 1 rings (SSSR count). The molecule has 2 N–H and O–H groups in total. The highest BCUT2D eigenvalue weighted by Gasteiger charge is 2.40. The molecule has 0 aromatic carbocycles. The third kappa shape index (κ3) is 3.93. The summed E-state index contributed by atoms with van der Waals surface area (Å²) < 4.78 is 0. The van der Waals surface area contributed by atoms with Crippen molar-refractivity contribution in [3.05, 3.63) is 0 Å². The maximum atomic E-state index is 12.8. The number of hydrogen-bond acceptors (Lipinski definition) is 3. The number of nitrogens with zero attached hydrogens (tertiary/aromatic N) is 1. The third-order valence-corrected chi connectivity index (χ3v) is 4.09. The molecule has 110 valence electrons. The smallest absolute Gasteiger partial charge is 0.239 e. The minimum absolute atomic E-state index is 0.0954. The average molecular weight is 269 g/mol. The lowest BCUT2D eigenvalue weighted by Gasteiger charge is -2.39. The topological polar surface area (TPSA) is 61.4 Å². The van der Waals surface area contributed by atoms with E-state index in [9.17, 15) is 9.59 Å². The third-order valence-electron chi connectivity index (χ3n) is 4.09. The fraction of sp³-hybridized carbons (Fsp3) is 0.857. The van der Waals surface area contributed by atoms with Gasteiger partial charge in [0.05, 0.1) is 12.0 Å². The van der Waals surface area contributed by atoms with E-state index in [0.717, 1.165) is 38.8 Å². The fourth-order valence-electron chi connectivity index (χ4n) is 2.73. The van der Waals surface area contributed by atoms with Gasteiger partial charge < -0.3 is 15.5 Å². The van der Waals surface area contributed by atoms with Crippen molar-refractivity contribution in [2.45, 2.75) is 39.5 Å². The number of carbonyl (C=O) groups excluding carboxylic acids is 2. The molecule has 0 saturated carbocycles. The molecule has 0 aliphatic carbocycles. The molecule has 5 heteroatoms. The lowest BCUT2D eigenvalue weighted by molar-refractivity contribution is -0.146. The number of likely N-dealkylation sites (N-methyl/N-ethyl adjacent to an activating group) is 1. The number of hydrogen-bond donors (Lipinski definition) is 2. The second kappa shape index (κ2) is 7.48. The molecule has 0 unspecified atom stereocenters. The summed E-state index contributed by atoms with van der Waals surface area (Å²) in [7, 11) is 1.61. The molecular formula is C14H27N3O2. The van der Waals surface area contributed by atoms with Gasteiger partial charge in [0, 0.05) is 13.6 Å². The van der Waals surface area contributed by atoms with Crippen LogP contribution in [0.3, 0.4) is 0 Å². The van der Waals surface area contributed by atoms with Crippen molar-refractivity contribution in [2.75, 3.05) is 33.2 Å². The van der Waals surface area contributed by atoms with Gasteiger partial charge in [0.15, 0.2) is 0 Å². The van der Waals surface area contributed by atoms with Crippen molar-refractivity contribution in [3.63, 3.8) is 0 Å². The van der Waals surface area contributed by atoms with E-state index >= 15 is 0 Å². The molecule has 2 amide bonds. The van der Waals surface area contributed by atoms with Crippen molar-refractivity contribution in [3.8, 4) is 0 Å². The van der Waals surface area contributed by atoms with Crippen molar-refractivity contribution < 1.29 is 9.59 Å². The van der Waals surface area contributed by atoms with E-state index in [1.165, 1.54) is 0 Å². The number of piperidine rings is 1. The lowest BCUT2D eigenvalue weighted by Crippen LogP contribution is -2.51. The normalized spacial score (nSPS) is 17.8. The molecule has 1 heterocycles. The summed E-state index contributed by atoms with van der Waals surface area (Å²) >= 11 is 0. The van der Waals surface area contributed by atoms with Gasteiger partial charge >= 0.3 is 0 Å². The summed E-state index contributed by atoms with van der Waals surface area (Å²) in [5.74, 6) is 0.0592. The van der Waals surface area contributed by atoms with E-state index in [1.54, 1.807) is 11.9 Å². The molecule has 0 spiro atoms. The van der Waals surface area contributed by atoms with Crippen LogP contribution < -0.4 is 10.6 Å². The first-order valence-corrected chi connectivity index (χ1v) is 7.30. The molecule has 1 saturated heterocycles. The molecule has 0 aromatic heterocycles. The Balaban J connectivity index is 2.80. The first-order chi connectivity index (χ1) is 9.09. The van der Waals surface area contributed by atoms with Crippen LogP contribution in [0, 0.1) is 5.41 Å². The average Bonchev–Trinajstić information content (AvgIpc) is 2.46. The first-order valence-electron chi connectivity index (χ1n) is 7.30. The minimum Gasteiger partial charge on any atom is -0.358 e. The Kier molecular flexibility index (Phi) is 6.28. The van der Waals surface area contributed by atoms with Gasteiger partial charge in [-0.1, -0.05) is 13.8 Å². The van der Waals surface area contributed by atoms with Crippen LogP contribution in [0.2, 0.25) is 0 Å². The SMILES string of the molecule is CCCN(CC(=O)NC)C(=O)C1(CC)CCNCC1. The van der Waals surface area contributed by atoms with Crippen LogP contribution in [-0.4, -0.2) is 49.9 Å². The molecule has 1 aliphatic heterocycles. The summed E-state index contributed by atoms with van der Waals surface area (Å²) in [6, 6.07) is 0. The van der Waals surface area contributed by atoms with E-state index in [1.807, 2.05) is 6.92 Å². The monoisotopic (exact) mass is 269 g/mol. The second-order valence-corrected chi connectivity index (χ2v) is 5.28. The lowest BCUT2D eigenvalue weighted by atomic mass is 9.75. The zero-order valence-electron chi connectivity index (χ0n) is 12.4. The Labute approximate surface area is 116 Å². The standard InChI is InChI=1S/C14H27N3O2/c1-4-10-17(11-12(18)15-3)13(19)14(5-2)6-8-16-9-7-14/h16H,4-11H2,1-3H3,(H,15,18). The molecular weight excluding hydrogens is 242 g/mol. The van der Waals surface area contributed by atoms with Gasteiger partial charge in [-0.05, 0) is 38.8 Å². The molecule has 1 fully saturated rings. The van der Waals surface area contributed by atoms with Crippen molar-refractivity contribution >= 4 is 11.8 Å². The van der Waals surface area contributed by atoms with E-state index in [-0.39, 0.29) is 23.8 Å². The Hall–Kier alpha value is -1.10. The highest BCUT2D eigenvalue weighted by atomic mass is 16.2. The molecule has 0 radical (unpaired) electrons. The first kappa shape index (κ1) is 16.0. The molecule has 5 nitrogen and oxygen atoms in total. The summed E-state index contributed by atoms with van der Waals surface area (Å²) in [6.45, 7) is 6.72. The van der Waals surface area contributed by atoms with Crippen molar-refractivity contribution in [1.82, 2.24) is 15.5 Å². The van der Waals surface area contributed by atoms with E-state index < -0.39 is 0 Å². The summed E-state index contributed by atoms with van der Waals surface area (Å²) in [4.78, 5) is 26.1. The maximum absolute atomic E-state index is 12.8. The Morgan fingerprint density at radius 3 is 2.37 bits per heavy atom. The van der Waals surface area contributed by atoms with E-state index in [4.69, 9.17) is 0 Å². The predicted molar refractivity (Wildman–Crippen MR) is 75.8 cm³/mol. The number of rotatable bonds is 6. The molecule has 0 atom stereocenters. The number of carbonyl (C=O) groups is 2. The minimum atomic E-state index is -0.269. The largest absolute Gasteiger partial charge is 0.358 e. The highest BCUT2D eigenvalue weighted by Crippen LogP contribution is 2.34. The van der Waals surface area contributed by atoms with E-state index in [2.05, 4.69) is 17.6 Å². The quantitative estimate of drug-likeness (QED) is 0.748. The molecule has 1 aliphatic rings. The van der Waals surface area contributed by atoms with E-state index in [0.29, 0.717) is 6.54 Å². The Morgan fingerprint density at radius 2 is 1.89 bits per heavy atom. The van der Waals surface area contributed by atoms with Crippen LogP contribution in [0.5, 0.6) is 0 Å². The molecule has 0 bridgehead atoms. The summed E-state index contributed by atoms with van der Waals surface area (Å²) in [5.41, 5.74) is -0.269. The molecule has 19 heavy (non-hydrogen) atoms. The number of amides is 2. The van der Waals surface area contributed by atoms with Crippen LogP contribution in [-0.2, 0) is 9.59 Å². The van der Waals surface area contributed by atoms with Crippen LogP contribution in [0.25, 0.3) is 0 Å². The molecule has 0 aromatic rings. The van der Waals surface area contributed by atoms with Gasteiger partial charge in [0.1, 0.15) is 0 Å². The van der Waals surface area contributed by atoms with Gasteiger partial charge in [-0.15, -0.1) is 0 Å². The zero-order chi connectivity index (χ0) is 14.3. The maximum Gasteiger partial charge on any atom is 0.239 e. The van der Waals surface area contributed by atoms with Gasteiger partial charge in [-0.2, -0.15) is 0 Å². The highest BCUT2D eigenvalue weighted by molar-refractivity contribution is 5.88.